The van der Waals surface area contributed by atoms with Crippen molar-refractivity contribution in [2.75, 3.05) is 42.8 Å². The number of thiazole rings is 1. The topological polar surface area (TPSA) is 98.3 Å². The largest absolute Gasteiger partial charge is 0.386 e. The molecule has 3 rings (SSSR count). The van der Waals surface area contributed by atoms with Crippen molar-refractivity contribution in [3.63, 3.8) is 0 Å². The van der Waals surface area contributed by atoms with Gasteiger partial charge in [0.2, 0.25) is 0 Å². The van der Waals surface area contributed by atoms with Crippen LogP contribution in [0.25, 0.3) is 0 Å². The molecular weight excluding hydrogens is 456 g/mol. The van der Waals surface area contributed by atoms with E-state index in [0.29, 0.717) is 43.2 Å². The fraction of sp³-hybridized carbons (Fsp3) is 0.444. The number of nitrogens with zero attached hydrogens (tertiary/aromatic N) is 1. The first kappa shape index (κ1) is 23.2. The number of unbranched alkanes of at least 4 members (excludes halogenated alkanes) is 1. The van der Waals surface area contributed by atoms with Gasteiger partial charge < -0.3 is 21.1 Å². The van der Waals surface area contributed by atoms with E-state index in [9.17, 15) is 18.1 Å². The van der Waals surface area contributed by atoms with Crippen molar-refractivity contribution in [2.45, 2.75) is 23.3 Å². The number of aliphatic hydroxyl groups is 1. The molecular formula is C18H24ClF2N5O2S2. The van der Waals surface area contributed by atoms with Crippen LogP contribution in [-0.4, -0.2) is 58.5 Å². The fourth-order valence-corrected chi connectivity index (χ4v) is 5.26. The predicted octanol–water partition coefficient (Wildman–Crippen LogP) is 2.29. The maximum atomic E-state index is 14.6. The summed E-state index contributed by atoms with van der Waals surface area (Å²) in [7, 11) is -3.30. The highest BCUT2D eigenvalue weighted by Gasteiger charge is 2.33. The van der Waals surface area contributed by atoms with E-state index < -0.39 is 26.3 Å². The molecule has 0 radical (unpaired) electrons. The highest BCUT2D eigenvalue weighted by molar-refractivity contribution is 8.01. The molecule has 1 atom stereocenters. The van der Waals surface area contributed by atoms with E-state index in [1.165, 1.54) is 12.1 Å². The lowest BCUT2D eigenvalue weighted by molar-refractivity contribution is -0.00822. The molecule has 5 N–H and O–H groups in total. The molecule has 1 aliphatic heterocycles. The summed E-state index contributed by atoms with van der Waals surface area (Å²) in [5.41, 5.74) is -0.253. The Hall–Kier alpha value is -1.50. The monoisotopic (exact) mass is 479 g/mol. The normalized spacial score (nSPS) is 17.2. The maximum Gasteiger partial charge on any atom is 0.198 e. The van der Waals surface area contributed by atoms with E-state index in [-0.39, 0.29) is 15.0 Å². The van der Waals surface area contributed by atoms with Gasteiger partial charge in [0.1, 0.15) is 11.4 Å². The molecule has 1 aliphatic rings. The van der Waals surface area contributed by atoms with Gasteiger partial charge in [-0.3, -0.25) is 4.72 Å². The summed E-state index contributed by atoms with van der Waals surface area (Å²) in [6.07, 6.45) is 2.66. The van der Waals surface area contributed by atoms with E-state index in [1.54, 1.807) is 0 Å². The Morgan fingerprint density at radius 2 is 2.07 bits per heavy atom. The van der Waals surface area contributed by atoms with E-state index in [2.05, 4.69) is 31.5 Å². The van der Waals surface area contributed by atoms with Crippen LogP contribution in [0, 0.1) is 10.9 Å². The van der Waals surface area contributed by atoms with Crippen molar-refractivity contribution in [3.05, 3.63) is 34.3 Å². The van der Waals surface area contributed by atoms with Gasteiger partial charge in [-0.2, -0.15) is 4.39 Å². The second-order valence-corrected chi connectivity index (χ2v) is 10.5. The molecule has 0 bridgehead atoms. The van der Waals surface area contributed by atoms with Crippen LogP contribution in [0.3, 0.4) is 0 Å². The van der Waals surface area contributed by atoms with Gasteiger partial charge in [0.15, 0.2) is 10.3 Å². The number of halogens is 3. The van der Waals surface area contributed by atoms with E-state index >= 15 is 0 Å². The summed E-state index contributed by atoms with van der Waals surface area (Å²) in [4.78, 5) is 3.50. The smallest absolute Gasteiger partial charge is 0.198 e. The Balaban J connectivity index is 1.49. The predicted molar refractivity (Wildman–Crippen MR) is 119 cm³/mol. The average molecular weight is 480 g/mol. The summed E-state index contributed by atoms with van der Waals surface area (Å²) < 4.78 is 42.9. The third-order valence-electron chi connectivity index (χ3n) is 4.56. The molecule has 0 aliphatic carbocycles. The number of benzene rings is 1. The van der Waals surface area contributed by atoms with Crippen molar-refractivity contribution in [3.8, 4) is 0 Å². The van der Waals surface area contributed by atoms with Crippen LogP contribution in [0.4, 0.5) is 19.6 Å². The minimum Gasteiger partial charge on any atom is -0.386 e. The SMILES string of the molecule is C=S(=O)(Nc1ncc(F)s1)c1cc(Cl)c(NCCCCNCC2(O)CNC2)cc1F. The van der Waals surface area contributed by atoms with Gasteiger partial charge in [-0.25, -0.2) is 13.6 Å². The molecule has 0 saturated carbocycles. The number of anilines is 2. The maximum absolute atomic E-state index is 14.6. The lowest BCUT2D eigenvalue weighted by Gasteiger charge is -2.37. The molecule has 1 aromatic carbocycles. The summed E-state index contributed by atoms with van der Waals surface area (Å²) >= 11 is 6.87. The number of β-amino-alcohol motifs (C(OH)–C–C–N with tert-alkyl or cyclic N) is 1. The average Bonchev–Trinajstić information content (AvgIpc) is 3.05. The van der Waals surface area contributed by atoms with Gasteiger partial charge in [0, 0.05) is 26.2 Å². The van der Waals surface area contributed by atoms with Gasteiger partial charge in [-0.1, -0.05) is 22.9 Å². The second-order valence-electron chi connectivity index (χ2n) is 7.15. The minimum atomic E-state index is -3.30. The Kier molecular flexibility index (Phi) is 7.53. The first-order chi connectivity index (χ1) is 14.2. The van der Waals surface area contributed by atoms with Crippen molar-refractivity contribution in [2.24, 2.45) is 0 Å². The summed E-state index contributed by atoms with van der Waals surface area (Å²) in [5, 5.41) is 18.9. The van der Waals surface area contributed by atoms with Crippen LogP contribution in [0.1, 0.15) is 12.8 Å². The van der Waals surface area contributed by atoms with Gasteiger partial charge >= 0.3 is 0 Å². The van der Waals surface area contributed by atoms with Gasteiger partial charge in [0.25, 0.3) is 0 Å². The van der Waals surface area contributed by atoms with Crippen LogP contribution in [0.15, 0.2) is 23.2 Å². The van der Waals surface area contributed by atoms with Crippen LogP contribution in [-0.2, 0) is 9.71 Å². The number of nitrogens with one attached hydrogen (secondary N) is 4. The molecule has 30 heavy (non-hydrogen) atoms. The van der Waals surface area contributed by atoms with Crippen LogP contribution < -0.4 is 20.7 Å². The summed E-state index contributed by atoms with van der Waals surface area (Å²) in [6, 6.07) is 2.42. The zero-order chi connectivity index (χ0) is 21.8. The van der Waals surface area contributed by atoms with Crippen molar-refractivity contribution < 1.29 is 18.1 Å². The molecule has 1 unspecified atom stereocenters. The first-order valence-corrected chi connectivity index (χ1v) is 12.2. The molecule has 0 spiro atoms. The summed E-state index contributed by atoms with van der Waals surface area (Å²) in [5.74, 6) is 2.78. The highest BCUT2D eigenvalue weighted by Crippen LogP contribution is 2.30. The highest BCUT2D eigenvalue weighted by atomic mass is 35.5. The lowest BCUT2D eigenvalue weighted by Crippen LogP contribution is -2.64. The minimum absolute atomic E-state index is 0.0412. The fourth-order valence-electron chi connectivity index (χ4n) is 2.87. The van der Waals surface area contributed by atoms with Crippen LogP contribution in [0.2, 0.25) is 5.02 Å². The van der Waals surface area contributed by atoms with Gasteiger partial charge in [0.05, 0.1) is 31.5 Å². The zero-order valence-electron chi connectivity index (χ0n) is 16.1. The standard InChI is InChI=1S/C18H24ClF2N5O2S2/c1-30(28,26-17-25-8-16(21)29-17)15-6-12(19)14(7-13(15)20)24-5-3-2-4-22-9-18(27)10-23-11-18/h6-8,22-24,27H,1-5,9-11H2,(H,25,26,28). The molecule has 1 saturated heterocycles. The van der Waals surface area contributed by atoms with Crippen LogP contribution in [0.5, 0.6) is 0 Å². The molecule has 166 valence electrons. The van der Waals surface area contributed by atoms with E-state index in [1.807, 2.05) is 0 Å². The first-order valence-electron chi connectivity index (χ1n) is 9.32. The van der Waals surface area contributed by atoms with E-state index in [4.69, 9.17) is 11.6 Å². The third kappa shape index (κ3) is 6.02. The lowest BCUT2D eigenvalue weighted by atomic mass is 9.97. The van der Waals surface area contributed by atoms with Crippen LogP contribution >= 0.6 is 22.9 Å². The third-order valence-corrected chi connectivity index (χ3v) is 7.25. The molecule has 2 heterocycles. The number of rotatable bonds is 11. The molecule has 1 aromatic heterocycles. The van der Waals surface area contributed by atoms with Crippen molar-refractivity contribution in [1.82, 2.24) is 15.6 Å². The molecule has 2 aromatic rings. The van der Waals surface area contributed by atoms with Crippen molar-refractivity contribution >= 4 is 49.3 Å². The van der Waals surface area contributed by atoms with Gasteiger partial charge in [-0.05, 0) is 37.4 Å². The Morgan fingerprint density at radius 3 is 2.70 bits per heavy atom. The molecule has 1 fully saturated rings. The molecule has 7 nitrogen and oxygen atoms in total. The second kappa shape index (κ2) is 9.75. The molecule has 0 amide bonds. The Labute approximate surface area is 183 Å². The van der Waals surface area contributed by atoms with Gasteiger partial charge in [-0.15, -0.1) is 0 Å². The molecule has 12 heteroatoms. The number of hydrogen-bond donors (Lipinski definition) is 5. The Morgan fingerprint density at radius 1 is 1.33 bits per heavy atom. The van der Waals surface area contributed by atoms with Crippen molar-refractivity contribution in [1.29, 1.82) is 0 Å². The summed E-state index contributed by atoms with van der Waals surface area (Å²) in [6.45, 7) is 3.10. The number of aromatic nitrogens is 1. The zero-order valence-corrected chi connectivity index (χ0v) is 18.5. The quantitative estimate of drug-likeness (QED) is 0.250. The Bertz CT molecular complexity index is 983. The number of hydrogen-bond acceptors (Lipinski definition) is 7. The van der Waals surface area contributed by atoms with E-state index in [0.717, 1.165) is 25.6 Å².